The Morgan fingerprint density at radius 1 is 1.40 bits per heavy atom. The highest BCUT2D eigenvalue weighted by molar-refractivity contribution is 5.28. The Kier molecular flexibility index (Phi) is 1.66. The predicted molar refractivity (Wildman–Crippen MR) is 39.2 cm³/mol. The van der Waals surface area contributed by atoms with E-state index in [1.54, 1.807) is 7.11 Å². The molecule has 0 bridgehead atoms. The quantitative estimate of drug-likeness (QED) is 0.583. The number of ether oxygens (including phenoxy) is 1. The molecule has 0 atom stereocenters. The molecule has 0 N–H and O–H groups in total. The van der Waals surface area contributed by atoms with Gasteiger partial charge in [-0.05, 0) is 13.8 Å². The number of aryl methyl sites for hydroxylation is 1. The van der Waals surface area contributed by atoms with Crippen LogP contribution in [-0.4, -0.2) is 16.9 Å². The fourth-order valence-electron chi connectivity index (χ4n) is 0.878. The standard InChI is InChI=1S/C7H12N2O/c1-5-6(2)9(3)8-7(5)10-4/h1-4H3. The first-order valence-electron chi connectivity index (χ1n) is 3.21. The third kappa shape index (κ3) is 0.875. The second kappa shape index (κ2) is 2.33. The van der Waals surface area contributed by atoms with Gasteiger partial charge in [0, 0.05) is 18.3 Å². The normalized spacial score (nSPS) is 10.0. The van der Waals surface area contributed by atoms with E-state index in [-0.39, 0.29) is 0 Å². The molecule has 0 aliphatic heterocycles. The minimum Gasteiger partial charge on any atom is -0.480 e. The van der Waals surface area contributed by atoms with Gasteiger partial charge in [-0.15, -0.1) is 5.10 Å². The van der Waals surface area contributed by atoms with E-state index in [1.807, 2.05) is 25.6 Å². The molecule has 0 radical (unpaired) electrons. The lowest BCUT2D eigenvalue weighted by molar-refractivity contribution is 0.389. The highest BCUT2D eigenvalue weighted by Crippen LogP contribution is 2.17. The lowest BCUT2D eigenvalue weighted by Crippen LogP contribution is -1.92. The van der Waals surface area contributed by atoms with Crippen molar-refractivity contribution < 1.29 is 4.74 Å². The van der Waals surface area contributed by atoms with Crippen molar-refractivity contribution in [1.82, 2.24) is 9.78 Å². The second-order valence-electron chi connectivity index (χ2n) is 2.34. The molecule has 0 aliphatic carbocycles. The number of hydrogen-bond acceptors (Lipinski definition) is 2. The smallest absolute Gasteiger partial charge is 0.235 e. The molecule has 1 rings (SSSR count). The highest BCUT2D eigenvalue weighted by Gasteiger charge is 2.06. The van der Waals surface area contributed by atoms with Gasteiger partial charge in [0.2, 0.25) is 5.88 Å². The Morgan fingerprint density at radius 2 is 2.00 bits per heavy atom. The Balaban J connectivity index is 3.17. The molecule has 10 heavy (non-hydrogen) atoms. The molecule has 3 nitrogen and oxygen atoms in total. The van der Waals surface area contributed by atoms with Gasteiger partial charge in [-0.3, -0.25) is 4.68 Å². The van der Waals surface area contributed by atoms with Crippen LogP contribution in [0.4, 0.5) is 0 Å². The zero-order valence-electron chi connectivity index (χ0n) is 6.80. The van der Waals surface area contributed by atoms with Crippen LogP contribution in [0.15, 0.2) is 0 Å². The topological polar surface area (TPSA) is 27.1 Å². The molecular weight excluding hydrogens is 128 g/mol. The number of hydrogen-bond donors (Lipinski definition) is 0. The molecule has 0 fully saturated rings. The van der Waals surface area contributed by atoms with Gasteiger partial charge < -0.3 is 4.74 Å². The molecule has 56 valence electrons. The van der Waals surface area contributed by atoms with Crippen molar-refractivity contribution in [2.75, 3.05) is 7.11 Å². The van der Waals surface area contributed by atoms with Gasteiger partial charge in [-0.2, -0.15) is 0 Å². The lowest BCUT2D eigenvalue weighted by atomic mass is 10.3. The van der Waals surface area contributed by atoms with Crippen LogP contribution >= 0.6 is 0 Å². The van der Waals surface area contributed by atoms with E-state index >= 15 is 0 Å². The van der Waals surface area contributed by atoms with Gasteiger partial charge >= 0.3 is 0 Å². The van der Waals surface area contributed by atoms with Crippen molar-refractivity contribution in [3.63, 3.8) is 0 Å². The fraction of sp³-hybridized carbons (Fsp3) is 0.571. The Bertz CT molecular complexity index is 240. The Hall–Kier alpha value is -0.990. The summed E-state index contributed by atoms with van der Waals surface area (Å²) >= 11 is 0. The maximum absolute atomic E-state index is 5.01. The summed E-state index contributed by atoms with van der Waals surface area (Å²) < 4.78 is 6.83. The zero-order valence-corrected chi connectivity index (χ0v) is 6.80. The summed E-state index contributed by atoms with van der Waals surface area (Å²) in [5, 5.41) is 4.12. The molecule has 0 saturated carbocycles. The van der Waals surface area contributed by atoms with Gasteiger partial charge in [0.1, 0.15) is 0 Å². The first kappa shape index (κ1) is 7.12. The van der Waals surface area contributed by atoms with E-state index < -0.39 is 0 Å². The number of rotatable bonds is 1. The third-order valence-corrected chi connectivity index (χ3v) is 1.78. The van der Waals surface area contributed by atoms with Crippen LogP contribution in [0.1, 0.15) is 11.3 Å². The molecule has 3 heteroatoms. The first-order chi connectivity index (χ1) is 4.66. The van der Waals surface area contributed by atoms with Crippen molar-refractivity contribution in [3.8, 4) is 5.88 Å². The molecular formula is C7H12N2O. The second-order valence-corrected chi connectivity index (χ2v) is 2.34. The number of methoxy groups -OCH3 is 1. The lowest BCUT2D eigenvalue weighted by Gasteiger charge is -1.92. The maximum Gasteiger partial charge on any atom is 0.235 e. The largest absolute Gasteiger partial charge is 0.480 e. The summed E-state index contributed by atoms with van der Waals surface area (Å²) in [6.45, 7) is 4.02. The van der Waals surface area contributed by atoms with Crippen LogP contribution in [0, 0.1) is 13.8 Å². The molecule has 1 aromatic rings. The van der Waals surface area contributed by atoms with Crippen LogP contribution in [0.5, 0.6) is 5.88 Å². The molecule has 1 heterocycles. The van der Waals surface area contributed by atoms with Crippen molar-refractivity contribution in [2.24, 2.45) is 7.05 Å². The highest BCUT2D eigenvalue weighted by atomic mass is 16.5. The molecule has 0 unspecified atom stereocenters. The summed E-state index contributed by atoms with van der Waals surface area (Å²) in [7, 11) is 3.54. The summed E-state index contributed by atoms with van der Waals surface area (Å²) in [5.41, 5.74) is 2.27. The molecule has 1 aromatic heterocycles. The van der Waals surface area contributed by atoms with Gasteiger partial charge in [-0.1, -0.05) is 0 Å². The van der Waals surface area contributed by atoms with Crippen LogP contribution in [0.2, 0.25) is 0 Å². The minimum atomic E-state index is 0.722. The van der Waals surface area contributed by atoms with Gasteiger partial charge in [-0.25, -0.2) is 0 Å². The van der Waals surface area contributed by atoms with Gasteiger partial charge in [0.25, 0.3) is 0 Å². The van der Waals surface area contributed by atoms with Gasteiger partial charge in [0.05, 0.1) is 7.11 Å². The van der Waals surface area contributed by atoms with Crippen LogP contribution in [0.3, 0.4) is 0 Å². The average Bonchev–Trinajstić information content (AvgIpc) is 2.17. The van der Waals surface area contributed by atoms with E-state index in [4.69, 9.17) is 4.74 Å². The van der Waals surface area contributed by atoms with E-state index in [2.05, 4.69) is 5.10 Å². The minimum absolute atomic E-state index is 0.722. The summed E-state index contributed by atoms with van der Waals surface area (Å²) in [6.07, 6.45) is 0. The SMILES string of the molecule is COc1nn(C)c(C)c1C. The van der Waals surface area contributed by atoms with Crippen molar-refractivity contribution >= 4 is 0 Å². The van der Waals surface area contributed by atoms with E-state index in [0.29, 0.717) is 0 Å². The molecule has 0 saturated heterocycles. The Morgan fingerprint density at radius 3 is 2.20 bits per heavy atom. The van der Waals surface area contributed by atoms with E-state index in [9.17, 15) is 0 Å². The van der Waals surface area contributed by atoms with Crippen molar-refractivity contribution in [1.29, 1.82) is 0 Å². The number of nitrogens with zero attached hydrogens (tertiary/aromatic N) is 2. The summed E-state index contributed by atoms with van der Waals surface area (Å²) in [5.74, 6) is 0.722. The fourth-order valence-corrected chi connectivity index (χ4v) is 0.878. The summed E-state index contributed by atoms with van der Waals surface area (Å²) in [4.78, 5) is 0. The monoisotopic (exact) mass is 140 g/mol. The molecule has 0 spiro atoms. The first-order valence-corrected chi connectivity index (χ1v) is 3.21. The summed E-state index contributed by atoms with van der Waals surface area (Å²) in [6, 6.07) is 0. The van der Waals surface area contributed by atoms with Crippen molar-refractivity contribution in [3.05, 3.63) is 11.3 Å². The third-order valence-electron chi connectivity index (χ3n) is 1.78. The Labute approximate surface area is 60.6 Å². The van der Waals surface area contributed by atoms with Crippen LogP contribution in [0.25, 0.3) is 0 Å². The van der Waals surface area contributed by atoms with Gasteiger partial charge in [0.15, 0.2) is 0 Å². The zero-order chi connectivity index (χ0) is 7.72. The van der Waals surface area contributed by atoms with E-state index in [1.165, 1.54) is 0 Å². The maximum atomic E-state index is 5.01. The molecule has 0 amide bonds. The van der Waals surface area contributed by atoms with Crippen LogP contribution < -0.4 is 4.74 Å². The van der Waals surface area contributed by atoms with Crippen molar-refractivity contribution in [2.45, 2.75) is 13.8 Å². The predicted octanol–water partition coefficient (Wildman–Crippen LogP) is 1.05. The molecule has 0 aliphatic rings. The van der Waals surface area contributed by atoms with E-state index in [0.717, 1.165) is 17.1 Å². The number of aromatic nitrogens is 2. The molecule has 0 aromatic carbocycles. The average molecular weight is 140 g/mol. The van der Waals surface area contributed by atoms with Crippen LogP contribution in [-0.2, 0) is 7.05 Å².